The molecular weight excluding hydrogens is 260 g/mol. The Morgan fingerprint density at radius 3 is 2.19 bits per heavy atom. The molecule has 1 heterocycles. The van der Waals surface area contributed by atoms with E-state index in [4.69, 9.17) is 0 Å². The molecule has 0 radical (unpaired) electrons. The van der Waals surface area contributed by atoms with Crippen molar-refractivity contribution < 1.29 is 4.79 Å². The standard InChI is InChI=1S/C18H30N2O/c1-15(2,3)13-17(7)11-19-14(21)20-12(17)9-10-18(13,8)16(4,5)6/h11,13H,9-10H2,1-8H3. The van der Waals surface area contributed by atoms with Crippen LogP contribution >= 0.6 is 0 Å². The normalized spacial score (nSPS) is 37.2. The minimum absolute atomic E-state index is 0.115. The zero-order chi connectivity index (χ0) is 16.3. The predicted octanol–water partition coefficient (Wildman–Crippen LogP) is 5.15. The second-order valence-electron chi connectivity index (χ2n) is 9.35. The SMILES string of the molecule is CC(C)(C)C1C2(C)C=NC(=O)N=C2CCC1(C)C(C)(C)C. The molecule has 0 bridgehead atoms. The summed E-state index contributed by atoms with van der Waals surface area (Å²) in [5.74, 6) is 0.391. The van der Waals surface area contributed by atoms with Crippen LogP contribution in [-0.2, 0) is 0 Å². The lowest BCUT2D eigenvalue weighted by Crippen LogP contribution is -2.59. The van der Waals surface area contributed by atoms with E-state index >= 15 is 0 Å². The molecule has 0 aromatic carbocycles. The topological polar surface area (TPSA) is 41.8 Å². The molecule has 3 atom stereocenters. The molecule has 0 aromatic heterocycles. The fourth-order valence-corrected chi connectivity index (χ4v) is 4.94. The number of hydrogen-bond acceptors (Lipinski definition) is 1. The van der Waals surface area contributed by atoms with Gasteiger partial charge in [-0.3, -0.25) is 0 Å². The number of aliphatic imine (C=N–C) groups is 2. The highest BCUT2D eigenvalue weighted by atomic mass is 16.2. The summed E-state index contributed by atoms with van der Waals surface area (Å²) in [6.45, 7) is 18.6. The van der Waals surface area contributed by atoms with Crippen molar-refractivity contribution in [1.82, 2.24) is 0 Å². The van der Waals surface area contributed by atoms with Gasteiger partial charge in [0, 0.05) is 17.3 Å². The first-order chi connectivity index (χ1) is 9.32. The lowest BCUT2D eigenvalue weighted by Gasteiger charge is -2.61. The van der Waals surface area contributed by atoms with Crippen molar-refractivity contribution in [1.29, 1.82) is 0 Å². The predicted molar refractivity (Wildman–Crippen MR) is 89.2 cm³/mol. The largest absolute Gasteiger partial charge is 0.366 e. The molecule has 2 amide bonds. The Morgan fingerprint density at radius 2 is 1.71 bits per heavy atom. The van der Waals surface area contributed by atoms with E-state index in [0.717, 1.165) is 18.6 Å². The number of carbonyl (C=O) groups is 1. The van der Waals surface area contributed by atoms with Gasteiger partial charge in [-0.05, 0) is 41.9 Å². The van der Waals surface area contributed by atoms with Gasteiger partial charge in [0.15, 0.2) is 0 Å². The maximum absolute atomic E-state index is 11.6. The smallest absolute Gasteiger partial charge is 0.244 e. The Labute approximate surface area is 129 Å². The van der Waals surface area contributed by atoms with Crippen molar-refractivity contribution in [2.24, 2.45) is 37.6 Å². The van der Waals surface area contributed by atoms with Crippen molar-refractivity contribution in [2.75, 3.05) is 0 Å². The lowest BCUT2D eigenvalue weighted by molar-refractivity contribution is -0.0695. The molecule has 1 fully saturated rings. The van der Waals surface area contributed by atoms with Crippen LogP contribution in [0.1, 0.15) is 68.2 Å². The summed E-state index contributed by atoms with van der Waals surface area (Å²) in [5, 5.41) is 0. The third-order valence-corrected chi connectivity index (χ3v) is 5.99. The van der Waals surface area contributed by atoms with Gasteiger partial charge >= 0.3 is 6.03 Å². The molecule has 0 saturated heterocycles. The second kappa shape index (κ2) is 4.50. The van der Waals surface area contributed by atoms with Crippen molar-refractivity contribution in [3.63, 3.8) is 0 Å². The van der Waals surface area contributed by atoms with Crippen LogP contribution in [-0.4, -0.2) is 18.0 Å². The van der Waals surface area contributed by atoms with Crippen LogP contribution in [0.15, 0.2) is 9.98 Å². The Bertz CT molecular complexity index is 518. The van der Waals surface area contributed by atoms with Gasteiger partial charge in [0.25, 0.3) is 0 Å². The summed E-state index contributed by atoms with van der Waals surface area (Å²) >= 11 is 0. The molecule has 1 aliphatic heterocycles. The molecule has 1 saturated carbocycles. The number of hydrogen-bond donors (Lipinski definition) is 0. The van der Waals surface area contributed by atoms with Gasteiger partial charge in [-0.25, -0.2) is 14.8 Å². The first-order valence-corrected chi connectivity index (χ1v) is 7.99. The van der Waals surface area contributed by atoms with Crippen LogP contribution in [0.3, 0.4) is 0 Å². The van der Waals surface area contributed by atoms with Crippen LogP contribution in [0.2, 0.25) is 0 Å². The molecule has 0 spiro atoms. The Balaban J connectivity index is 2.64. The summed E-state index contributed by atoms with van der Waals surface area (Å²) in [4.78, 5) is 19.9. The third kappa shape index (κ3) is 2.39. The number of fused-ring (bicyclic) bond motifs is 1. The highest BCUT2D eigenvalue weighted by molar-refractivity contribution is 6.13. The first kappa shape index (κ1) is 16.4. The molecule has 118 valence electrons. The highest BCUT2D eigenvalue weighted by Crippen LogP contribution is 2.63. The van der Waals surface area contributed by atoms with Crippen molar-refractivity contribution in [3.05, 3.63) is 0 Å². The number of nitrogens with zero attached hydrogens (tertiary/aromatic N) is 2. The fraction of sp³-hybridized carbons (Fsp3) is 0.833. The molecule has 3 heteroatoms. The van der Waals surface area contributed by atoms with Crippen molar-refractivity contribution >= 4 is 18.0 Å². The second-order valence-corrected chi connectivity index (χ2v) is 9.35. The van der Waals surface area contributed by atoms with Crippen LogP contribution < -0.4 is 0 Å². The minimum Gasteiger partial charge on any atom is -0.244 e. The van der Waals surface area contributed by atoms with Crippen molar-refractivity contribution in [2.45, 2.75) is 68.2 Å². The summed E-state index contributed by atoms with van der Waals surface area (Å²) in [6, 6.07) is -0.338. The summed E-state index contributed by atoms with van der Waals surface area (Å²) in [7, 11) is 0. The van der Waals surface area contributed by atoms with Crippen LogP contribution in [0.4, 0.5) is 4.79 Å². The number of amides is 2. The highest BCUT2D eigenvalue weighted by Gasteiger charge is 2.60. The van der Waals surface area contributed by atoms with E-state index in [-0.39, 0.29) is 27.7 Å². The summed E-state index contributed by atoms with van der Waals surface area (Å²) < 4.78 is 0. The molecule has 21 heavy (non-hydrogen) atoms. The van der Waals surface area contributed by atoms with E-state index < -0.39 is 0 Å². The molecular formula is C18H30N2O. The van der Waals surface area contributed by atoms with E-state index in [0.29, 0.717) is 5.92 Å². The molecule has 0 N–H and O–H groups in total. The van der Waals surface area contributed by atoms with Gasteiger partial charge in [0.2, 0.25) is 0 Å². The van der Waals surface area contributed by atoms with E-state index in [1.165, 1.54) is 0 Å². The summed E-state index contributed by atoms with van der Waals surface area (Å²) in [5.41, 5.74) is 1.29. The average molecular weight is 290 g/mol. The third-order valence-electron chi connectivity index (χ3n) is 5.99. The molecule has 2 rings (SSSR count). The van der Waals surface area contributed by atoms with Gasteiger partial charge in [0.05, 0.1) is 0 Å². The average Bonchev–Trinajstić information content (AvgIpc) is 2.27. The fourth-order valence-electron chi connectivity index (χ4n) is 4.94. The van der Waals surface area contributed by atoms with Crippen LogP contribution in [0, 0.1) is 27.6 Å². The maximum atomic E-state index is 11.6. The van der Waals surface area contributed by atoms with Crippen LogP contribution in [0.5, 0.6) is 0 Å². The number of carbonyl (C=O) groups excluding carboxylic acids is 1. The first-order valence-electron chi connectivity index (χ1n) is 7.99. The van der Waals surface area contributed by atoms with E-state index in [1.807, 2.05) is 6.21 Å². The Hall–Kier alpha value is -0.990. The zero-order valence-electron chi connectivity index (χ0n) is 14.9. The van der Waals surface area contributed by atoms with E-state index in [9.17, 15) is 4.79 Å². The van der Waals surface area contributed by atoms with Gasteiger partial charge < -0.3 is 0 Å². The molecule has 3 unspecified atom stereocenters. The van der Waals surface area contributed by atoms with Gasteiger partial charge in [-0.1, -0.05) is 48.5 Å². The maximum Gasteiger partial charge on any atom is 0.366 e. The zero-order valence-corrected chi connectivity index (χ0v) is 14.9. The molecule has 1 aliphatic carbocycles. The molecule has 3 nitrogen and oxygen atoms in total. The van der Waals surface area contributed by atoms with E-state index in [1.54, 1.807) is 0 Å². The lowest BCUT2D eigenvalue weighted by atomic mass is 9.43. The monoisotopic (exact) mass is 290 g/mol. The quantitative estimate of drug-likeness (QED) is 0.608. The van der Waals surface area contributed by atoms with Crippen molar-refractivity contribution in [3.8, 4) is 0 Å². The summed E-state index contributed by atoms with van der Waals surface area (Å²) in [6.07, 6.45) is 3.86. The van der Waals surface area contributed by atoms with Gasteiger partial charge in [-0.15, -0.1) is 0 Å². The van der Waals surface area contributed by atoms with Crippen LogP contribution in [0.25, 0.3) is 0 Å². The molecule has 2 aliphatic rings. The van der Waals surface area contributed by atoms with E-state index in [2.05, 4.69) is 65.4 Å². The number of rotatable bonds is 0. The van der Waals surface area contributed by atoms with Gasteiger partial charge in [-0.2, -0.15) is 0 Å². The Morgan fingerprint density at radius 1 is 1.14 bits per heavy atom. The van der Waals surface area contributed by atoms with Gasteiger partial charge in [0.1, 0.15) is 0 Å². The number of urea groups is 1. The Kier molecular flexibility index (Phi) is 3.51. The minimum atomic E-state index is -0.338. The molecule has 0 aromatic rings.